The van der Waals surface area contributed by atoms with Crippen LogP contribution in [0.15, 0.2) is 48.8 Å². The van der Waals surface area contributed by atoms with Gasteiger partial charge >= 0.3 is 5.97 Å². The highest BCUT2D eigenvalue weighted by Crippen LogP contribution is 2.25. The van der Waals surface area contributed by atoms with Gasteiger partial charge in [0.05, 0.1) is 29.0 Å². The van der Waals surface area contributed by atoms with Crippen LogP contribution < -0.4 is 0 Å². The van der Waals surface area contributed by atoms with Crippen LogP contribution in [0.5, 0.6) is 0 Å². The number of rotatable bonds is 3. The molecule has 106 valence electrons. The molecule has 0 spiro atoms. The number of nitrogens with zero attached hydrogens (tertiary/aromatic N) is 2. The van der Waals surface area contributed by atoms with Crippen LogP contribution in [-0.2, 0) is 0 Å². The van der Waals surface area contributed by atoms with E-state index in [0.717, 1.165) is 11.1 Å². The summed E-state index contributed by atoms with van der Waals surface area (Å²) in [7, 11) is 0. The molecule has 1 aromatic heterocycles. The van der Waals surface area contributed by atoms with E-state index in [1.54, 1.807) is 24.5 Å². The molecule has 4 nitrogen and oxygen atoms in total. The molecular weight excluding hydrogens is 288 g/mol. The summed E-state index contributed by atoms with van der Waals surface area (Å²) in [5.41, 5.74) is 2.94. The molecule has 21 heavy (non-hydrogen) atoms. The molecule has 2 aromatic carbocycles. The van der Waals surface area contributed by atoms with Crippen molar-refractivity contribution in [3.63, 3.8) is 0 Å². The van der Waals surface area contributed by atoms with Crippen molar-refractivity contribution in [2.24, 2.45) is 0 Å². The van der Waals surface area contributed by atoms with Gasteiger partial charge in [0.2, 0.25) is 0 Å². The number of benzene rings is 2. The van der Waals surface area contributed by atoms with E-state index in [0.29, 0.717) is 10.5 Å². The van der Waals surface area contributed by atoms with Crippen LogP contribution in [0.25, 0.3) is 11.0 Å². The zero-order chi connectivity index (χ0) is 15.0. The van der Waals surface area contributed by atoms with Crippen molar-refractivity contribution < 1.29 is 9.90 Å². The number of fused-ring (bicyclic) bond motifs is 1. The van der Waals surface area contributed by atoms with Crippen molar-refractivity contribution in [3.8, 4) is 0 Å². The standard InChI is InChI=1S/C16H13ClN2O2/c1-10(11-2-5-13(17)6-3-11)19-9-18-14-8-12(16(20)21)4-7-15(14)19/h2-10H,1H3,(H,20,21). The minimum absolute atomic E-state index is 0.0861. The Morgan fingerprint density at radius 3 is 2.62 bits per heavy atom. The highest BCUT2D eigenvalue weighted by atomic mass is 35.5. The van der Waals surface area contributed by atoms with Crippen LogP contribution in [0.3, 0.4) is 0 Å². The maximum absolute atomic E-state index is 11.0. The highest BCUT2D eigenvalue weighted by molar-refractivity contribution is 6.30. The predicted molar refractivity (Wildman–Crippen MR) is 82.0 cm³/mol. The average Bonchev–Trinajstić information content (AvgIpc) is 2.90. The van der Waals surface area contributed by atoms with Gasteiger partial charge in [0, 0.05) is 5.02 Å². The minimum Gasteiger partial charge on any atom is -0.478 e. The van der Waals surface area contributed by atoms with E-state index in [9.17, 15) is 4.79 Å². The number of aromatic carboxylic acids is 1. The summed E-state index contributed by atoms with van der Waals surface area (Å²) in [6, 6.07) is 12.7. The third-order valence-corrected chi connectivity index (χ3v) is 3.84. The topological polar surface area (TPSA) is 55.1 Å². The first-order valence-electron chi connectivity index (χ1n) is 6.51. The predicted octanol–water partition coefficient (Wildman–Crippen LogP) is 4.00. The van der Waals surface area contributed by atoms with Gasteiger partial charge in [-0.15, -0.1) is 0 Å². The molecular formula is C16H13ClN2O2. The van der Waals surface area contributed by atoms with E-state index >= 15 is 0 Å². The Balaban J connectivity index is 2.04. The Bertz CT molecular complexity index is 809. The van der Waals surface area contributed by atoms with Crippen molar-refractivity contribution in [3.05, 3.63) is 64.9 Å². The number of carboxylic acid groups (broad SMARTS) is 1. The second-order valence-electron chi connectivity index (χ2n) is 4.89. The molecule has 0 aliphatic rings. The first kappa shape index (κ1) is 13.6. The van der Waals surface area contributed by atoms with Crippen molar-refractivity contribution in [1.29, 1.82) is 0 Å². The van der Waals surface area contributed by atoms with Crippen molar-refractivity contribution in [2.75, 3.05) is 0 Å². The largest absolute Gasteiger partial charge is 0.478 e. The lowest BCUT2D eigenvalue weighted by Gasteiger charge is -2.15. The molecule has 0 radical (unpaired) electrons. The van der Waals surface area contributed by atoms with Gasteiger partial charge in [-0.2, -0.15) is 0 Å². The number of imidazole rings is 1. The lowest BCUT2D eigenvalue weighted by Crippen LogP contribution is -2.05. The van der Waals surface area contributed by atoms with Gasteiger partial charge < -0.3 is 9.67 Å². The highest BCUT2D eigenvalue weighted by Gasteiger charge is 2.13. The fourth-order valence-electron chi connectivity index (χ4n) is 2.38. The van der Waals surface area contributed by atoms with E-state index in [1.807, 2.05) is 28.8 Å². The monoisotopic (exact) mass is 300 g/mol. The summed E-state index contributed by atoms with van der Waals surface area (Å²) in [6.45, 7) is 2.06. The third-order valence-electron chi connectivity index (χ3n) is 3.59. The quantitative estimate of drug-likeness (QED) is 0.795. The molecule has 5 heteroatoms. The number of carboxylic acids is 1. The molecule has 1 N–H and O–H groups in total. The average molecular weight is 301 g/mol. The fourth-order valence-corrected chi connectivity index (χ4v) is 2.50. The van der Waals surface area contributed by atoms with E-state index in [1.165, 1.54) is 0 Å². The van der Waals surface area contributed by atoms with Crippen LogP contribution in [0.4, 0.5) is 0 Å². The lowest BCUT2D eigenvalue weighted by molar-refractivity contribution is 0.0697. The summed E-state index contributed by atoms with van der Waals surface area (Å²) in [5.74, 6) is -0.947. The zero-order valence-electron chi connectivity index (χ0n) is 11.3. The maximum Gasteiger partial charge on any atom is 0.335 e. The Kier molecular flexibility index (Phi) is 3.39. The summed E-state index contributed by atoms with van der Waals surface area (Å²) in [6.07, 6.45) is 1.73. The molecule has 0 amide bonds. The Labute approximate surface area is 126 Å². The minimum atomic E-state index is -0.947. The first-order valence-corrected chi connectivity index (χ1v) is 6.89. The van der Waals surface area contributed by atoms with Crippen LogP contribution in [0, 0.1) is 0 Å². The normalized spacial score (nSPS) is 12.5. The molecule has 0 fully saturated rings. The van der Waals surface area contributed by atoms with E-state index in [-0.39, 0.29) is 11.6 Å². The first-order chi connectivity index (χ1) is 10.1. The second kappa shape index (κ2) is 5.22. The molecule has 1 unspecified atom stereocenters. The van der Waals surface area contributed by atoms with E-state index in [4.69, 9.17) is 16.7 Å². The maximum atomic E-state index is 11.0. The number of hydrogen-bond donors (Lipinski definition) is 1. The van der Waals surface area contributed by atoms with E-state index < -0.39 is 5.97 Å². The SMILES string of the molecule is CC(c1ccc(Cl)cc1)n1cnc2cc(C(=O)O)ccc21. The third kappa shape index (κ3) is 2.50. The summed E-state index contributed by atoms with van der Waals surface area (Å²) in [5, 5.41) is 9.72. The summed E-state index contributed by atoms with van der Waals surface area (Å²) in [4.78, 5) is 15.3. The van der Waals surface area contributed by atoms with Crippen molar-refractivity contribution in [1.82, 2.24) is 9.55 Å². The zero-order valence-corrected chi connectivity index (χ0v) is 12.1. The number of hydrogen-bond acceptors (Lipinski definition) is 2. The Morgan fingerprint density at radius 2 is 1.95 bits per heavy atom. The molecule has 0 aliphatic carbocycles. The second-order valence-corrected chi connectivity index (χ2v) is 5.32. The smallest absolute Gasteiger partial charge is 0.335 e. The number of carbonyl (C=O) groups is 1. The summed E-state index contributed by atoms with van der Waals surface area (Å²) >= 11 is 5.91. The van der Waals surface area contributed by atoms with Gasteiger partial charge in [-0.1, -0.05) is 23.7 Å². The van der Waals surface area contributed by atoms with Crippen LogP contribution >= 0.6 is 11.6 Å². The van der Waals surface area contributed by atoms with Crippen LogP contribution in [0.1, 0.15) is 28.9 Å². The fraction of sp³-hybridized carbons (Fsp3) is 0.125. The molecule has 0 aliphatic heterocycles. The van der Waals surface area contributed by atoms with Gasteiger partial charge in [0.1, 0.15) is 0 Å². The van der Waals surface area contributed by atoms with Gasteiger partial charge in [-0.05, 0) is 42.8 Å². The molecule has 3 rings (SSSR count). The molecule has 0 saturated heterocycles. The summed E-state index contributed by atoms with van der Waals surface area (Å²) < 4.78 is 2.02. The number of halogens is 1. The molecule has 0 saturated carbocycles. The molecule has 1 atom stereocenters. The van der Waals surface area contributed by atoms with Crippen LogP contribution in [-0.4, -0.2) is 20.6 Å². The Hall–Kier alpha value is -2.33. The van der Waals surface area contributed by atoms with Gasteiger partial charge in [0.25, 0.3) is 0 Å². The van der Waals surface area contributed by atoms with Gasteiger partial charge in [-0.3, -0.25) is 0 Å². The lowest BCUT2D eigenvalue weighted by atomic mass is 10.1. The Morgan fingerprint density at radius 1 is 1.24 bits per heavy atom. The van der Waals surface area contributed by atoms with Gasteiger partial charge in [-0.25, -0.2) is 9.78 Å². The molecule has 3 aromatic rings. The van der Waals surface area contributed by atoms with Crippen LogP contribution in [0.2, 0.25) is 5.02 Å². The van der Waals surface area contributed by atoms with Crippen molar-refractivity contribution in [2.45, 2.75) is 13.0 Å². The van der Waals surface area contributed by atoms with Gasteiger partial charge in [0.15, 0.2) is 0 Å². The van der Waals surface area contributed by atoms with Crippen molar-refractivity contribution >= 4 is 28.6 Å². The number of aromatic nitrogens is 2. The molecule has 1 heterocycles. The molecule has 0 bridgehead atoms. The van der Waals surface area contributed by atoms with E-state index in [2.05, 4.69) is 11.9 Å².